The summed E-state index contributed by atoms with van der Waals surface area (Å²) in [4.78, 5) is 25.5. The van der Waals surface area contributed by atoms with E-state index < -0.39 is 6.10 Å². The molecule has 0 radical (unpaired) electrons. The first kappa shape index (κ1) is 64.8. The van der Waals surface area contributed by atoms with Crippen molar-refractivity contribution in [1.29, 1.82) is 0 Å². The minimum atomic E-state index is -0.582. The second-order valence-electron chi connectivity index (χ2n) is 18.8. The van der Waals surface area contributed by atoms with Crippen LogP contribution in [0.3, 0.4) is 0 Å². The summed E-state index contributed by atoms with van der Waals surface area (Å²) in [5.41, 5.74) is 0. The predicted octanol–water partition coefficient (Wildman–Crippen LogP) is 19.8. The van der Waals surface area contributed by atoms with Crippen LogP contribution in [-0.4, -0.2) is 37.9 Å². The maximum absolute atomic E-state index is 12.8. The molecule has 0 aliphatic heterocycles. The van der Waals surface area contributed by atoms with E-state index in [9.17, 15) is 9.59 Å². The third-order valence-electron chi connectivity index (χ3n) is 12.1. The van der Waals surface area contributed by atoms with Crippen molar-refractivity contribution >= 4 is 11.9 Å². The van der Waals surface area contributed by atoms with Crippen molar-refractivity contribution in [2.24, 2.45) is 0 Å². The summed E-state index contributed by atoms with van der Waals surface area (Å²) < 4.78 is 17.4. The summed E-state index contributed by atoms with van der Waals surface area (Å²) in [6.45, 7) is 7.69. The highest BCUT2D eigenvalue weighted by molar-refractivity contribution is 5.70. The van der Waals surface area contributed by atoms with Gasteiger partial charge in [0.15, 0.2) is 6.10 Å². The molecule has 0 aliphatic rings. The van der Waals surface area contributed by atoms with Crippen LogP contribution in [0.15, 0.2) is 97.2 Å². The molecule has 0 aliphatic carbocycles. The molecule has 0 aromatic rings. The Hall–Kier alpha value is -3.18. The first-order chi connectivity index (χ1) is 33.6. The number of rotatable bonds is 52. The largest absolute Gasteiger partial charge is 0.462 e. The molecule has 0 unspecified atom stereocenters. The Bertz CT molecular complexity index is 1300. The van der Waals surface area contributed by atoms with Crippen LogP contribution in [-0.2, 0) is 23.8 Å². The zero-order chi connectivity index (χ0) is 49.2. The zero-order valence-corrected chi connectivity index (χ0v) is 44.8. The summed E-state index contributed by atoms with van der Waals surface area (Å²) >= 11 is 0. The van der Waals surface area contributed by atoms with Crippen molar-refractivity contribution in [2.45, 2.75) is 271 Å². The van der Waals surface area contributed by atoms with E-state index in [2.05, 4.69) is 112 Å². The average Bonchev–Trinajstić information content (AvgIpc) is 3.34. The molecule has 5 nitrogen and oxygen atoms in total. The second-order valence-corrected chi connectivity index (χ2v) is 18.8. The Labute approximate surface area is 422 Å². The quantitative estimate of drug-likeness (QED) is 0.0345. The number of hydrogen-bond donors (Lipinski definition) is 0. The Morgan fingerprint density at radius 3 is 1.07 bits per heavy atom. The molecule has 0 heterocycles. The first-order valence-corrected chi connectivity index (χ1v) is 28.8. The van der Waals surface area contributed by atoms with Gasteiger partial charge in [0.25, 0.3) is 0 Å². The lowest BCUT2D eigenvalue weighted by atomic mass is 10.0. The molecule has 0 aromatic heterocycles. The van der Waals surface area contributed by atoms with Crippen molar-refractivity contribution in [3.05, 3.63) is 97.2 Å². The maximum atomic E-state index is 12.8. The van der Waals surface area contributed by atoms with E-state index in [-0.39, 0.29) is 25.2 Å². The SMILES string of the molecule is CCCCC/C=C\C/C=C\C/C=C\C/C=C\C/C=C\CCC(=O)OC[C@@H](COCCCCCCCCCCCCCCCCCC)OC(=O)CCCCCC/C=C\C/C=C\C/C=C\CCCCC. The monoisotopic (exact) mass is 945 g/mol. The van der Waals surface area contributed by atoms with Crippen LogP contribution in [0.25, 0.3) is 0 Å². The van der Waals surface area contributed by atoms with Gasteiger partial charge in [0.2, 0.25) is 0 Å². The maximum Gasteiger partial charge on any atom is 0.306 e. The van der Waals surface area contributed by atoms with Gasteiger partial charge in [0.05, 0.1) is 6.61 Å². The van der Waals surface area contributed by atoms with E-state index in [0.717, 1.165) is 83.5 Å². The van der Waals surface area contributed by atoms with Gasteiger partial charge in [0.1, 0.15) is 6.61 Å². The van der Waals surface area contributed by atoms with Crippen molar-refractivity contribution in [3.63, 3.8) is 0 Å². The van der Waals surface area contributed by atoms with E-state index in [4.69, 9.17) is 14.2 Å². The molecule has 0 saturated carbocycles. The number of carbonyl (C=O) groups is 2. The minimum Gasteiger partial charge on any atom is -0.462 e. The van der Waals surface area contributed by atoms with Gasteiger partial charge in [-0.25, -0.2) is 0 Å². The highest BCUT2D eigenvalue weighted by Gasteiger charge is 2.17. The summed E-state index contributed by atoms with van der Waals surface area (Å²) in [6, 6.07) is 0. The van der Waals surface area contributed by atoms with Gasteiger partial charge in [-0.2, -0.15) is 0 Å². The molecule has 0 fully saturated rings. The Kier molecular flexibility index (Phi) is 55.4. The number of carbonyl (C=O) groups excluding carboxylic acids is 2. The normalized spacial score (nSPS) is 12.9. The topological polar surface area (TPSA) is 61.8 Å². The second kappa shape index (κ2) is 58.1. The molecular formula is C63H108O5. The van der Waals surface area contributed by atoms with E-state index in [0.29, 0.717) is 25.9 Å². The molecule has 0 rings (SSSR count). The standard InChI is InChI=1S/C63H108O5/c1-4-7-10-13-16-19-22-25-28-31-32-34-35-38-41-44-47-50-53-56-62(64)67-60-61(59-66-58-55-52-49-46-43-40-37-30-27-24-21-18-15-12-9-6-3)68-63(65)57-54-51-48-45-42-39-36-33-29-26-23-20-17-14-11-8-5-2/h16-17,19-20,25-26,28-29,32,34,36,38-39,41,47,50,61H,4-15,18,21-24,27,30-31,33,35,37,40,42-46,48-49,51-60H2,1-3H3/b19-16-,20-17-,28-25-,29-26-,34-32-,39-36-,41-38-,50-47-/t61-/m1/s1. The van der Waals surface area contributed by atoms with Crippen LogP contribution in [0.5, 0.6) is 0 Å². The molecule has 1 atom stereocenters. The van der Waals surface area contributed by atoms with Gasteiger partial charge < -0.3 is 14.2 Å². The van der Waals surface area contributed by atoms with Crippen LogP contribution in [0.1, 0.15) is 265 Å². The number of ether oxygens (including phenoxy) is 3. The van der Waals surface area contributed by atoms with Crippen molar-refractivity contribution in [3.8, 4) is 0 Å². The van der Waals surface area contributed by atoms with Gasteiger partial charge >= 0.3 is 11.9 Å². The highest BCUT2D eigenvalue weighted by Crippen LogP contribution is 2.15. The summed E-state index contributed by atoms with van der Waals surface area (Å²) in [7, 11) is 0. The Morgan fingerprint density at radius 2 is 0.647 bits per heavy atom. The Morgan fingerprint density at radius 1 is 0.324 bits per heavy atom. The van der Waals surface area contributed by atoms with Crippen LogP contribution in [0.2, 0.25) is 0 Å². The molecule has 0 spiro atoms. The van der Waals surface area contributed by atoms with Gasteiger partial charge in [-0.3, -0.25) is 9.59 Å². The van der Waals surface area contributed by atoms with E-state index in [1.807, 2.05) is 6.08 Å². The lowest BCUT2D eigenvalue weighted by molar-refractivity contribution is -0.162. The van der Waals surface area contributed by atoms with Crippen molar-refractivity contribution in [2.75, 3.05) is 19.8 Å². The number of allylic oxidation sites excluding steroid dienone is 16. The van der Waals surface area contributed by atoms with Crippen LogP contribution in [0.4, 0.5) is 0 Å². The predicted molar refractivity (Wildman–Crippen MR) is 297 cm³/mol. The van der Waals surface area contributed by atoms with Crippen LogP contribution >= 0.6 is 0 Å². The molecule has 5 heteroatoms. The molecular weight excluding hydrogens is 837 g/mol. The molecule has 390 valence electrons. The average molecular weight is 946 g/mol. The van der Waals surface area contributed by atoms with Gasteiger partial charge in [-0.05, 0) is 96.3 Å². The summed E-state index contributed by atoms with van der Waals surface area (Å²) in [6.07, 6.45) is 78.6. The molecule has 0 saturated heterocycles. The first-order valence-electron chi connectivity index (χ1n) is 28.8. The van der Waals surface area contributed by atoms with Gasteiger partial charge in [0, 0.05) is 19.4 Å². The number of esters is 2. The fourth-order valence-electron chi connectivity index (χ4n) is 7.79. The molecule has 0 aromatic carbocycles. The van der Waals surface area contributed by atoms with Crippen molar-refractivity contribution < 1.29 is 23.8 Å². The highest BCUT2D eigenvalue weighted by atomic mass is 16.6. The fraction of sp³-hybridized carbons (Fsp3) is 0.714. The van der Waals surface area contributed by atoms with Gasteiger partial charge in [-0.15, -0.1) is 0 Å². The lowest BCUT2D eigenvalue weighted by Gasteiger charge is -2.18. The third kappa shape index (κ3) is 55.4. The molecule has 0 bridgehead atoms. The molecule has 68 heavy (non-hydrogen) atoms. The number of unbranched alkanes of at least 4 members (excludes halogenated alkanes) is 25. The summed E-state index contributed by atoms with van der Waals surface area (Å²) in [5, 5.41) is 0. The third-order valence-corrected chi connectivity index (χ3v) is 12.1. The minimum absolute atomic E-state index is 0.0345. The number of hydrogen-bond acceptors (Lipinski definition) is 5. The molecule has 0 amide bonds. The summed E-state index contributed by atoms with van der Waals surface area (Å²) in [5.74, 6) is -0.513. The molecule has 0 N–H and O–H groups in total. The zero-order valence-electron chi connectivity index (χ0n) is 44.8. The fourth-order valence-corrected chi connectivity index (χ4v) is 7.79. The van der Waals surface area contributed by atoms with Gasteiger partial charge in [-0.1, -0.05) is 253 Å². The van der Waals surface area contributed by atoms with E-state index >= 15 is 0 Å². The smallest absolute Gasteiger partial charge is 0.306 e. The van der Waals surface area contributed by atoms with E-state index in [1.54, 1.807) is 0 Å². The van der Waals surface area contributed by atoms with Crippen LogP contribution < -0.4 is 0 Å². The lowest BCUT2D eigenvalue weighted by Crippen LogP contribution is -2.30. The van der Waals surface area contributed by atoms with Crippen molar-refractivity contribution in [1.82, 2.24) is 0 Å². The van der Waals surface area contributed by atoms with E-state index in [1.165, 1.54) is 141 Å². The van der Waals surface area contributed by atoms with Crippen LogP contribution in [0, 0.1) is 0 Å². The Balaban J connectivity index is 4.43.